The molecule has 1 aromatic rings. The molecule has 0 aliphatic rings. The van der Waals surface area contributed by atoms with Crippen LogP contribution in [0.1, 0.15) is 31.4 Å². The molecule has 3 heteroatoms. The van der Waals surface area contributed by atoms with Crippen LogP contribution < -0.4 is 10.1 Å². The molecule has 3 nitrogen and oxygen atoms in total. The van der Waals surface area contributed by atoms with Gasteiger partial charge in [0.1, 0.15) is 18.5 Å². The van der Waals surface area contributed by atoms with Crippen LogP contribution in [0.15, 0.2) is 18.2 Å². The number of hydrogen-bond acceptors (Lipinski definition) is 3. The van der Waals surface area contributed by atoms with Gasteiger partial charge in [-0.1, -0.05) is 24.6 Å². The van der Waals surface area contributed by atoms with E-state index in [-0.39, 0.29) is 0 Å². The van der Waals surface area contributed by atoms with Crippen LogP contribution in [0.2, 0.25) is 0 Å². The largest absolute Gasteiger partial charge is 0.491 e. The van der Waals surface area contributed by atoms with E-state index in [1.807, 2.05) is 19.1 Å². The predicted octanol–water partition coefficient (Wildman–Crippen LogP) is 2.43. The van der Waals surface area contributed by atoms with Gasteiger partial charge in [0.2, 0.25) is 0 Å². The lowest BCUT2D eigenvalue weighted by Gasteiger charge is -2.17. The summed E-state index contributed by atoms with van der Waals surface area (Å²) in [7, 11) is 0. The van der Waals surface area contributed by atoms with Gasteiger partial charge in [0.15, 0.2) is 0 Å². The van der Waals surface area contributed by atoms with E-state index in [1.54, 1.807) is 0 Å². The normalized spacial score (nSPS) is 14.3. The molecule has 2 atom stereocenters. The van der Waals surface area contributed by atoms with Crippen LogP contribution in [-0.2, 0) is 0 Å². The molecule has 0 aliphatic carbocycles. The third-order valence-corrected chi connectivity index (χ3v) is 3.08. The van der Waals surface area contributed by atoms with Gasteiger partial charge in [-0.15, -0.1) is 0 Å². The molecule has 0 heterocycles. The summed E-state index contributed by atoms with van der Waals surface area (Å²) in [5.41, 5.74) is 2.33. The Morgan fingerprint density at radius 3 is 2.67 bits per heavy atom. The second kappa shape index (κ2) is 7.39. The maximum absolute atomic E-state index is 9.81. The van der Waals surface area contributed by atoms with Gasteiger partial charge in [-0.05, 0) is 38.8 Å². The van der Waals surface area contributed by atoms with E-state index in [9.17, 15) is 5.11 Å². The second-order valence-corrected chi connectivity index (χ2v) is 4.95. The predicted molar refractivity (Wildman–Crippen MR) is 75.2 cm³/mol. The summed E-state index contributed by atoms with van der Waals surface area (Å²) in [5, 5.41) is 13.1. The molecular weight excluding hydrogens is 226 g/mol. The number of benzene rings is 1. The molecule has 0 saturated carbocycles. The van der Waals surface area contributed by atoms with E-state index < -0.39 is 6.10 Å². The summed E-state index contributed by atoms with van der Waals surface area (Å²) >= 11 is 0. The fraction of sp³-hybridized carbons (Fsp3) is 0.600. The molecule has 0 bridgehead atoms. The minimum Gasteiger partial charge on any atom is -0.491 e. The number of aliphatic hydroxyl groups is 1. The van der Waals surface area contributed by atoms with Gasteiger partial charge in [0.25, 0.3) is 0 Å². The van der Waals surface area contributed by atoms with Crippen molar-refractivity contribution in [3.8, 4) is 5.75 Å². The Bertz CT molecular complexity index is 366. The molecule has 0 aliphatic heterocycles. The Kier molecular flexibility index (Phi) is 6.16. The topological polar surface area (TPSA) is 41.5 Å². The Morgan fingerprint density at radius 1 is 1.33 bits per heavy atom. The van der Waals surface area contributed by atoms with Gasteiger partial charge in [0.05, 0.1) is 0 Å². The Hall–Kier alpha value is -1.06. The molecule has 18 heavy (non-hydrogen) atoms. The van der Waals surface area contributed by atoms with Crippen molar-refractivity contribution in [3.05, 3.63) is 29.3 Å². The lowest BCUT2D eigenvalue weighted by Crippen LogP contribution is -2.36. The van der Waals surface area contributed by atoms with Crippen molar-refractivity contribution >= 4 is 0 Å². The number of aryl methyl sites for hydroxylation is 2. The van der Waals surface area contributed by atoms with Crippen molar-refractivity contribution in [3.63, 3.8) is 0 Å². The van der Waals surface area contributed by atoms with Gasteiger partial charge in [-0.3, -0.25) is 0 Å². The fourth-order valence-electron chi connectivity index (χ4n) is 1.69. The second-order valence-electron chi connectivity index (χ2n) is 4.95. The molecule has 0 amide bonds. The first-order chi connectivity index (χ1) is 8.52. The molecule has 0 radical (unpaired) electrons. The summed E-state index contributed by atoms with van der Waals surface area (Å²) in [6.45, 7) is 9.20. The fourth-order valence-corrected chi connectivity index (χ4v) is 1.69. The number of ether oxygens (including phenoxy) is 1. The molecule has 0 aromatic heterocycles. The Morgan fingerprint density at radius 2 is 2.06 bits per heavy atom. The minimum atomic E-state index is -0.472. The van der Waals surface area contributed by atoms with Crippen molar-refractivity contribution < 1.29 is 9.84 Å². The van der Waals surface area contributed by atoms with Gasteiger partial charge in [-0.2, -0.15) is 0 Å². The van der Waals surface area contributed by atoms with Crippen LogP contribution in [0.25, 0.3) is 0 Å². The van der Waals surface area contributed by atoms with Crippen molar-refractivity contribution in [2.24, 2.45) is 0 Å². The van der Waals surface area contributed by atoms with Gasteiger partial charge in [0, 0.05) is 12.6 Å². The highest BCUT2D eigenvalue weighted by atomic mass is 16.5. The average Bonchev–Trinajstić information content (AvgIpc) is 2.34. The van der Waals surface area contributed by atoms with E-state index in [1.165, 1.54) is 5.56 Å². The van der Waals surface area contributed by atoms with E-state index in [4.69, 9.17) is 4.74 Å². The van der Waals surface area contributed by atoms with Crippen molar-refractivity contribution in [2.75, 3.05) is 13.2 Å². The quantitative estimate of drug-likeness (QED) is 0.782. The highest BCUT2D eigenvalue weighted by molar-refractivity contribution is 5.35. The summed E-state index contributed by atoms with van der Waals surface area (Å²) in [6, 6.07) is 6.49. The van der Waals surface area contributed by atoms with Gasteiger partial charge >= 0.3 is 0 Å². The number of rotatable bonds is 7. The SMILES string of the molecule is CC[C@@H](C)NC[C@H](O)COc1ccc(C)cc1C. The summed E-state index contributed by atoms with van der Waals surface area (Å²) < 4.78 is 5.63. The number of nitrogens with one attached hydrogen (secondary N) is 1. The highest BCUT2D eigenvalue weighted by Crippen LogP contribution is 2.18. The maximum Gasteiger partial charge on any atom is 0.122 e. The van der Waals surface area contributed by atoms with E-state index in [2.05, 4.69) is 32.2 Å². The first-order valence-corrected chi connectivity index (χ1v) is 6.64. The summed E-state index contributed by atoms with van der Waals surface area (Å²) in [6.07, 6.45) is 0.588. The van der Waals surface area contributed by atoms with Crippen molar-refractivity contribution in [1.29, 1.82) is 0 Å². The monoisotopic (exact) mass is 251 g/mol. The zero-order valence-corrected chi connectivity index (χ0v) is 11.9. The van der Waals surface area contributed by atoms with Crippen LogP contribution in [0.4, 0.5) is 0 Å². The molecule has 102 valence electrons. The van der Waals surface area contributed by atoms with Crippen LogP contribution in [-0.4, -0.2) is 30.4 Å². The van der Waals surface area contributed by atoms with Crippen LogP contribution in [0.3, 0.4) is 0 Å². The van der Waals surface area contributed by atoms with Crippen LogP contribution in [0.5, 0.6) is 5.75 Å². The number of hydrogen-bond donors (Lipinski definition) is 2. The van der Waals surface area contributed by atoms with E-state index in [0.717, 1.165) is 17.7 Å². The van der Waals surface area contributed by atoms with E-state index in [0.29, 0.717) is 19.2 Å². The molecule has 2 N–H and O–H groups in total. The lowest BCUT2D eigenvalue weighted by atomic mass is 10.1. The molecule has 0 fully saturated rings. The van der Waals surface area contributed by atoms with E-state index >= 15 is 0 Å². The lowest BCUT2D eigenvalue weighted by molar-refractivity contribution is 0.103. The molecule has 0 saturated heterocycles. The third kappa shape index (κ3) is 5.07. The zero-order valence-electron chi connectivity index (χ0n) is 11.9. The zero-order chi connectivity index (χ0) is 13.5. The van der Waals surface area contributed by atoms with Crippen LogP contribution >= 0.6 is 0 Å². The standard InChI is InChI=1S/C15H25NO2/c1-5-13(4)16-9-14(17)10-18-15-7-6-11(2)8-12(15)3/h6-8,13-14,16-17H,5,9-10H2,1-4H3/t13-,14+/m1/s1. The Labute approximate surface area is 110 Å². The first kappa shape index (κ1) is 15.0. The van der Waals surface area contributed by atoms with Crippen molar-refractivity contribution in [1.82, 2.24) is 5.32 Å². The van der Waals surface area contributed by atoms with Gasteiger partial charge < -0.3 is 15.2 Å². The molecule has 0 unspecified atom stereocenters. The highest BCUT2D eigenvalue weighted by Gasteiger charge is 2.08. The average molecular weight is 251 g/mol. The van der Waals surface area contributed by atoms with Gasteiger partial charge in [-0.25, -0.2) is 0 Å². The number of aliphatic hydroxyl groups excluding tert-OH is 1. The smallest absolute Gasteiger partial charge is 0.122 e. The minimum absolute atomic E-state index is 0.327. The maximum atomic E-state index is 9.81. The van der Waals surface area contributed by atoms with Crippen molar-refractivity contribution in [2.45, 2.75) is 46.3 Å². The molecule has 1 rings (SSSR count). The molecular formula is C15H25NO2. The Balaban J connectivity index is 2.35. The first-order valence-electron chi connectivity index (χ1n) is 6.64. The summed E-state index contributed by atoms with van der Waals surface area (Å²) in [5.74, 6) is 0.850. The summed E-state index contributed by atoms with van der Waals surface area (Å²) in [4.78, 5) is 0. The third-order valence-electron chi connectivity index (χ3n) is 3.08. The van der Waals surface area contributed by atoms with Crippen LogP contribution in [0, 0.1) is 13.8 Å². The molecule has 1 aromatic carbocycles. The molecule has 0 spiro atoms.